The molecule has 1 N–H and O–H groups in total. The highest BCUT2D eigenvalue weighted by molar-refractivity contribution is 5.93. The van der Waals surface area contributed by atoms with E-state index in [-0.39, 0.29) is 12.5 Å². The summed E-state index contributed by atoms with van der Waals surface area (Å²) < 4.78 is 11.4. The van der Waals surface area contributed by atoms with Crippen molar-refractivity contribution in [1.82, 2.24) is 4.90 Å². The van der Waals surface area contributed by atoms with E-state index in [9.17, 15) is 4.79 Å². The first-order valence-electron chi connectivity index (χ1n) is 9.57. The van der Waals surface area contributed by atoms with Crippen molar-refractivity contribution in [2.75, 3.05) is 31.6 Å². The van der Waals surface area contributed by atoms with Crippen LogP contribution in [0.1, 0.15) is 30.5 Å². The molecule has 0 saturated heterocycles. The molecule has 2 aromatic carbocycles. The molecule has 0 bridgehead atoms. The van der Waals surface area contributed by atoms with E-state index in [1.54, 1.807) is 24.3 Å². The number of carbonyl (C=O) groups excluding carboxylic acids is 1. The van der Waals surface area contributed by atoms with Crippen molar-refractivity contribution in [2.24, 2.45) is 0 Å². The third-order valence-corrected chi connectivity index (χ3v) is 4.65. The molecule has 1 aliphatic rings. The van der Waals surface area contributed by atoms with Gasteiger partial charge in [0.05, 0.1) is 31.0 Å². The predicted molar refractivity (Wildman–Crippen MR) is 108 cm³/mol. The minimum absolute atomic E-state index is 0.123. The van der Waals surface area contributed by atoms with Crippen LogP contribution < -0.4 is 14.8 Å². The van der Waals surface area contributed by atoms with Crippen LogP contribution in [0.5, 0.6) is 11.5 Å². The van der Waals surface area contributed by atoms with E-state index in [1.807, 2.05) is 19.9 Å². The van der Waals surface area contributed by atoms with Gasteiger partial charge in [-0.25, -0.2) is 0 Å². The molecule has 0 fully saturated rings. The number of hydrogen-bond donors (Lipinski definition) is 1. The number of nitriles is 1. The highest BCUT2D eigenvalue weighted by Crippen LogP contribution is 2.33. The van der Waals surface area contributed by atoms with Gasteiger partial charge in [0.25, 0.3) is 0 Å². The molecular formula is C22H25N3O3. The summed E-state index contributed by atoms with van der Waals surface area (Å²) in [6.45, 7) is 6.81. The summed E-state index contributed by atoms with van der Waals surface area (Å²) in [4.78, 5) is 14.6. The number of ether oxygens (including phenoxy) is 2. The number of benzene rings is 2. The molecule has 28 heavy (non-hydrogen) atoms. The third-order valence-electron chi connectivity index (χ3n) is 4.65. The van der Waals surface area contributed by atoms with Gasteiger partial charge in [0, 0.05) is 13.1 Å². The Morgan fingerprint density at radius 1 is 1.14 bits per heavy atom. The first-order chi connectivity index (χ1) is 13.6. The van der Waals surface area contributed by atoms with Crippen LogP contribution >= 0.6 is 0 Å². The average Bonchev–Trinajstić information content (AvgIpc) is 2.69. The number of carbonyl (C=O) groups is 1. The molecule has 146 valence electrons. The topological polar surface area (TPSA) is 74.6 Å². The highest BCUT2D eigenvalue weighted by Gasteiger charge is 2.21. The summed E-state index contributed by atoms with van der Waals surface area (Å²) in [6, 6.07) is 13.2. The second kappa shape index (κ2) is 9.25. The molecule has 0 aliphatic carbocycles. The second-order valence-corrected chi connectivity index (χ2v) is 6.60. The molecule has 0 spiro atoms. The van der Waals surface area contributed by atoms with E-state index < -0.39 is 0 Å². The average molecular weight is 379 g/mol. The monoisotopic (exact) mass is 379 g/mol. The fourth-order valence-corrected chi connectivity index (χ4v) is 3.38. The quantitative estimate of drug-likeness (QED) is 0.798. The van der Waals surface area contributed by atoms with Crippen LogP contribution in [-0.4, -0.2) is 37.1 Å². The van der Waals surface area contributed by atoms with E-state index in [0.29, 0.717) is 31.0 Å². The summed E-state index contributed by atoms with van der Waals surface area (Å²) >= 11 is 0. The number of para-hydroxylation sites is 1. The molecule has 6 heteroatoms. The number of amides is 1. The van der Waals surface area contributed by atoms with Gasteiger partial charge in [-0.15, -0.1) is 0 Å². The lowest BCUT2D eigenvalue weighted by Crippen LogP contribution is -2.37. The SMILES string of the molecule is CCOc1cc2c(cc1OCC)CN(CC(=O)Nc1ccccc1C#N)CC2. The Labute approximate surface area is 165 Å². The van der Waals surface area contributed by atoms with Gasteiger partial charge in [0.2, 0.25) is 5.91 Å². The van der Waals surface area contributed by atoms with Crippen molar-refractivity contribution in [2.45, 2.75) is 26.8 Å². The van der Waals surface area contributed by atoms with Gasteiger partial charge < -0.3 is 14.8 Å². The van der Waals surface area contributed by atoms with Gasteiger partial charge >= 0.3 is 0 Å². The van der Waals surface area contributed by atoms with Gasteiger partial charge in [-0.05, 0) is 55.7 Å². The Morgan fingerprint density at radius 2 is 1.82 bits per heavy atom. The van der Waals surface area contributed by atoms with E-state index in [4.69, 9.17) is 14.7 Å². The van der Waals surface area contributed by atoms with E-state index in [0.717, 1.165) is 30.0 Å². The largest absolute Gasteiger partial charge is 0.490 e. The summed E-state index contributed by atoms with van der Waals surface area (Å²) in [5.74, 6) is 1.40. The Bertz CT molecular complexity index is 889. The Morgan fingerprint density at radius 3 is 2.50 bits per heavy atom. The maximum atomic E-state index is 12.5. The summed E-state index contributed by atoms with van der Waals surface area (Å²) in [6.07, 6.45) is 0.851. The molecule has 0 atom stereocenters. The molecule has 6 nitrogen and oxygen atoms in total. The Hall–Kier alpha value is -3.04. The zero-order valence-corrected chi connectivity index (χ0v) is 16.3. The summed E-state index contributed by atoms with van der Waals surface area (Å²) in [7, 11) is 0. The lowest BCUT2D eigenvalue weighted by atomic mass is 9.98. The molecule has 1 amide bonds. The van der Waals surface area contributed by atoms with Crippen LogP contribution in [0, 0.1) is 11.3 Å². The fourth-order valence-electron chi connectivity index (χ4n) is 3.38. The molecule has 1 heterocycles. The number of hydrogen-bond acceptors (Lipinski definition) is 5. The lowest BCUT2D eigenvalue weighted by molar-refractivity contribution is -0.117. The zero-order valence-electron chi connectivity index (χ0n) is 16.3. The van der Waals surface area contributed by atoms with E-state index >= 15 is 0 Å². The van der Waals surface area contributed by atoms with Crippen molar-refractivity contribution in [3.8, 4) is 17.6 Å². The maximum Gasteiger partial charge on any atom is 0.238 e. The fraction of sp³-hybridized carbons (Fsp3) is 0.364. The standard InChI is InChI=1S/C22H25N3O3/c1-3-27-20-11-16-9-10-25(14-18(16)12-21(20)28-4-2)15-22(26)24-19-8-6-5-7-17(19)13-23/h5-8,11-12H,3-4,9-10,14-15H2,1-2H3,(H,24,26). The van der Waals surface area contributed by atoms with Gasteiger partial charge in [0.1, 0.15) is 6.07 Å². The lowest BCUT2D eigenvalue weighted by Gasteiger charge is -2.29. The first-order valence-corrected chi connectivity index (χ1v) is 9.57. The van der Waals surface area contributed by atoms with Gasteiger partial charge in [-0.1, -0.05) is 12.1 Å². The Balaban J connectivity index is 1.68. The number of anilines is 1. The normalized spacial score (nSPS) is 13.3. The molecule has 0 saturated carbocycles. The summed E-state index contributed by atoms with van der Waals surface area (Å²) in [5, 5.41) is 12.0. The van der Waals surface area contributed by atoms with Crippen molar-refractivity contribution in [3.05, 3.63) is 53.1 Å². The molecular weight excluding hydrogens is 354 g/mol. The maximum absolute atomic E-state index is 12.5. The smallest absolute Gasteiger partial charge is 0.238 e. The second-order valence-electron chi connectivity index (χ2n) is 6.60. The van der Waals surface area contributed by atoms with Crippen LogP contribution in [0.4, 0.5) is 5.69 Å². The van der Waals surface area contributed by atoms with Crippen LogP contribution in [-0.2, 0) is 17.8 Å². The summed E-state index contributed by atoms with van der Waals surface area (Å²) in [5.41, 5.74) is 3.40. The van der Waals surface area contributed by atoms with Gasteiger partial charge in [0.15, 0.2) is 11.5 Å². The molecule has 0 radical (unpaired) electrons. The van der Waals surface area contributed by atoms with Crippen LogP contribution in [0.25, 0.3) is 0 Å². The van der Waals surface area contributed by atoms with Crippen molar-refractivity contribution >= 4 is 11.6 Å². The minimum Gasteiger partial charge on any atom is -0.490 e. The van der Waals surface area contributed by atoms with Crippen molar-refractivity contribution in [3.63, 3.8) is 0 Å². The number of fused-ring (bicyclic) bond motifs is 1. The third kappa shape index (κ3) is 4.62. The van der Waals surface area contributed by atoms with Gasteiger partial charge in [-0.2, -0.15) is 5.26 Å². The predicted octanol–water partition coefficient (Wildman–Crippen LogP) is 3.35. The molecule has 3 rings (SSSR count). The van der Waals surface area contributed by atoms with Crippen LogP contribution in [0.2, 0.25) is 0 Å². The molecule has 0 unspecified atom stereocenters. The van der Waals surface area contributed by atoms with Crippen molar-refractivity contribution in [1.29, 1.82) is 5.26 Å². The Kier molecular flexibility index (Phi) is 6.51. The number of rotatable bonds is 7. The van der Waals surface area contributed by atoms with E-state index in [2.05, 4.69) is 22.4 Å². The first kappa shape index (κ1) is 19.7. The number of nitrogens with one attached hydrogen (secondary N) is 1. The minimum atomic E-state index is -0.123. The molecule has 1 aliphatic heterocycles. The van der Waals surface area contributed by atoms with Gasteiger partial charge in [-0.3, -0.25) is 9.69 Å². The number of nitrogens with zero attached hydrogens (tertiary/aromatic N) is 2. The molecule has 0 aromatic heterocycles. The van der Waals surface area contributed by atoms with E-state index in [1.165, 1.54) is 5.56 Å². The van der Waals surface area contributed by atoms with Crippen molar-refractivity contribution < 1.29 is 14.3 Å². The molecule has 2 aromatic rings. The van der Waals surface area contributed by atoms with Crippen LogP contribution in [0.3, 0.4) is 0 Å². The highest BCUT2D eigenvalue weighted by atomic mass is 16.5. The van der Waals surface area contributed by atoms with Crippen LogP contribution in [0.15, 0.2) is 36.4 Å². The zero-order chi connectivity index (χ0) is 19.9.